The number of para-hydroxylation sites is 1. The molecule has 2 heterocycles. The largest absolute Gasteiger partial charge is 0.426 e. The van der Waals surface area contributed by atoms with E-state index in [0.717, 1.165) is 43.3 Å². The molecule has 2 aromatic heterocycles. The summed E-state index contributed by atoms with van der Waals surface area (Å²) in [6.07, 6.45) is 21.4. The highest BCUT2D eigenvalue weighted by molar-refractivity contribution is 7.27. The van der Waals surface area contributed by atoms with Gasteiger partial charge >= 0.3 is 5.97 Å². The summed E-state index contributed by atoms with van der Waals surface area (Å²) >= 11 is 3.24. The Labute approximate surface area is 235 Å². The monoisotopic (exact) mass is 548 g/mol. The fourth-order valence-corrected chi connectivity index (χ4v) is 6.52. The van der Waals surface area contributed by atoms with E-state index in [-0.39, 0.29) is 5.97 Å². The van der Waals surface area contributed by atoms with E-state index in [0.29, 0.717) is 12.2 Å². The van der Waals surface area contributed by atoms with Crippen molar-refractivity contribution in [2.24, 2.45) is 0 Å². The molecule has 4 rings (SSSR count). The van der Waals surface area contributed by atoms with E-state index >= 15 is 0 Å². The van der Waals surface area contributed by atoms with Gasteiger partial charge in [-0.2, -0.15) is 0 Å². The van der Waals surface area contributed by atoms with Gasteiger partial charge in [0.1, 0.15) is 5.75 Å². The van der Waals surface area contributed by atoms with Crippen LogP contribution in [-0.4, -0.2) is 15.9 Å². The van der Waals surface area contributed by atoms with Gasteiger partial charge in [-0.25, -0.2) is 9.97 Å². The molecule has 0 aliphatic carbocycles. The van der Waals surface area contributed by atoms with Crippen molar-refractivity contribution in [3.05, 3.63) is 54.6 Å². The van der Waals surface area contributed by atoms with Crippen LogP contribution >= 0.6 is 22.7 Å². The van der Waals surface area contributed by atoms with Crippen LogP contribution in [0.1, 0.15) is 96.8 Å². The number of ether oxygens (including phenoxy) is 1. The lowest BCUT2D eigenvalue weighted by Crippen LogP contribution is -2.07. The highest BCUT2D eigenvalue weighted by Crippen LogP contribution is 2.36. The second-order valence-corrected chi connectivity index (χ2v) is 12.0. The van der Waals surface area contributed by atoms with Crippen LogP contribution in [0.4, 0.5) is 0 Å². The van der Waals surface area contributed by atoms with Crippen molar-refractivity contribution in [2.45, 2.75) is 96.8 Å². The number of unbranched alkanes of at least 4 members (excludes halogenated alkanes) is 11. The van der Waals surface area contributed by atoms with Gasteiger partial charge in [-0.3, -0.25) is 4.79 Å². The highest BCUT2D eigenvalue weighted by atomic mass is 32.1. The fourth-order valence-electron chi connectivity index (χ4n) is 4.55. The van der Waals surface area contributed by atoms with Crippen LogP contribution < -0.4 is 4.74 Å². The lowest BCUT2D eigenvalue weighted by atomic mass is 10.1. The van der Waals surface area contributed by atoms with Crippen molar-refractivity contribution >= 4 is 49.1 Å². The third kappa shape index (κ3) is 9.02. The van der Waals surface area contributed by atoms with Crippen molar-refractivity contribution in [3.8, 4) is 15.8 Å². The average Bonchev–Trinajstić information content (AvgIpc) is 3.55. The summed E-state index contributed by atoms with van der Waals surface area (Å²) in [7, 11) is 0. The van der Waals surface area contributed by atoms with Gasteiger partial charge in [-0.1, -0.05) is 82.6 Å². The van der Waals surface area contributed by atoms with Crippen LogP contribution in [0.3, 0.4) is 0 Å². The predicted octanol–water partition coefficient (Wildman–Crippen LogP) is 10.5. The van der Waals surface area contributed by atoms with Crippen LogP contribution in [0.2, 0.25) is 0 Å². The molecule has 0 aliphatic heterocycles. The number of thiazole rings is 2. The normalized spacial score (nSPS) is 11.7. The summed E-state index contributed by atoms with van der Waals surface area (Å²) in [5.74, 6) is 0.438. The van der Waals surface area contributed by atoms with Crippen LogP contribution in [0.15, 0.2) is 54.6 Å². The van der Waals surface area contributed by atoms with Gasteiger partial charge < -0.3 is 4.74 Å². The first-order chi connectivity index (χ1) is 18.7. The van der Waals surface area contributed by atoms with E-state index in [9.17, 15) is 4.79 Å². The van der Waals surface area contributed by atoms with E-state index in [1.54, 1.807) is 22.7 Å². The Morgan fingerprint density at radius 1 is 0.737 bits per heavy atom. The molecular weight excluding hydrogens is 508 g/mol. The molecule has 0 atom stereocenters. The smallest absolute Gasteiger partial charge is 0.311 e. The maximum atomic E-state index is 12.4. The Kier molecular flexibility index (Phi) is 11.8. The third-order valence-electron chi connectivity index (χ3n) is 6.71. The lowest BCUT2D eigenvalue weighted by Gasteiger charge is -2.04. The zero-order valence-corrected chi connectivity index (χ0v) is 24.3. The molecule has 6 heteroatoms. The van der Waals surface area contributed by atoms with E-state index in [2.05, 4.69) is 25.1 Å². The number of carbonyl (C=O) groups excluding carboxylic acids is 1. The summed E-state index contributed by atoms with van der Waals surface area (Å²) in [5.41, 5.74) is 1.90. The molecule has 0 saturated carbocycles. The number of hydrogen-bond donors (Lipinski definition) is 0. The molecule has 0 bridgehead atoms. The molecule has 4 aromatic rings. The van der Waals surface area contributed by atoms with Crippen LogP contribution in [-0.2, 0) is 4.79 Å². The Balaban J connectivity index is 1.09. The number of carbonyl (C=O) groups is 1. The molecule has 202 valence electrons. The molecule has 0 radical (unpaired) electrons. The molecule has 4 nitrogen and oxygen atoms in total. The number of nitrogens with zero attached hydrogens (tertiary/aromatic N) is 2. The van der Waals surface area contributed by atoms with E-state index in [1.165, 1.54) is 70.6 Å². The Morgan fingerprint density at radius 2 is 1.34 bits per heavy atom. The van der Waals surface area contributed by atoms with Gasteiger partial charge in [-0.05, 0) is 56.4 Å². The number of benzene rings is 2. The summed E-state index contributed by atoms with van der Waals surface area (Å²) in [5, 5.41) is 1.83. The minimum Gasteiger partial charge on any atom is -0.426 e. The molecule has 0 saturated heterocycles. The van der Waals surface area contributed by atoms with Crippen molar-refractivity contribution in [3.63, 3.8) is 0 Å². The second-order valence-electron chi connectivity index (χ2n) is 9.94. The summed E-state index contributed by atoms with van der Waals surface area (Å²) in [6.45, 7) is 2.27. The first-order valence-electron chi connectivity index (χ1n) is 14.3. The van der Waals surface area contributed by atoms with Gasteiger partial charge in [0, 0.05) is 12.5 Å². The fraction of sp³-hybridized carbons (Fsp3) is 0.469. The van der Waals surface area contributed by atoms with Gasteiger partial charge in [0.15, 0.2) is 10.0 Å². The Hall–Kier alpha value is -2.57. The van der Waals surface area contributed by atoms with E-state index in [4.69, 9.17) is 14.7 Å². The van der Waals surface area contributed by atoms with Crippen LogP contribution in [0.5, 0.6) is 5.75 Å². The molecule has 0 amide bonds. The highest BCUT2D eigenvalue weighted by Gasteiger charge is 2.13. The zero-order chi connectivity index (χ0) is 26.4. The van der Waals surface area contributed by atoms with Crippen molar-refractivity contribution in [1.82, 2.24) is 9.97 Å². The lowest BCUT2D eigenvalue weighted by molar-refractivity contribution is -0.134. The molecule has 0 aliphatic rings. The molecular formula is C32H40N2O2S2. The molecule has 38 heavy (non-hydrogen) atoms. The maximum Gasteiger partial charge on any atom is 0.311 e. The minimum atomic E-state index is -0.155. The summed E-state index contributed by atoms with van der Waals surface area (Å²) in [4.78, 5) is 21.8. The molecule has 2 aromatic carbocycles. The number of hydrogen-bond acceptors (Lipinski definition) is 6. The Bertz CT molecular complexity index is 1270. The topological polar surface area (TPSA) is 52.1 Å². The number of fused-ring (bicyclic) bond motifs is 2. The zero-order valence-electron chi connectivity index (χ0n) is 22.6. The Morgan fingerprint density at radius 3 is 2.05 bits per heavy atom. The first kappa shape index (κ1) is 28.4. The maximum absolute atomic E-state index is 12.4. The molecule has 0 spiro atoms. The molecule has 0 fully saturated rings. The predicted molar refractivity (Wildman–Crippen MR) is 163 cm³/mol. The van der Waals surface area contributed by atoms with Crippen LogP contribution in [0.25, 0.3) is 30.4 Å². The third-order valence-corrected chi connectivity index (χ3v) is 8.91. The van der Waals surface area contributed by atoms with Gasteiger partial charge in [0.05, 0.1) is 20.4 Å². The molecule has 0 N–H and O–H groups in total. The van der Waals surface area contributed by atoms with E-state index < -0.39 is 0 Å². The molecule has 0 unspecified atom stereocenters. The van der Waals surface area contributed by atoms with Gasteiger partial charge in [0.25, 0.3) is 0 Å². The number of allylic oxidation sites excluding steroid dienone is 2. The van der Waals surface area contributed by atoms with Gasteiger partial charge in [-0.15, -0.1) is 22.7 Å². The first-order valence-corrected chi connectivity index (χ1v) is 16.0. The quantitative estimate of drug-likeness (QED) is 0.0570. The van der Waals surface area contributed by atoms with Crippen molar-refractivity contribution in [2.75, 3.05) is 0 Å². The summed E-state index contributed by atoms with van der Waals surface area (Å²) in [6, 6.07) is 13.8. The van der Waals surface area contributed by atoms with Crippen molar-refractivity contribution < 1.29 is 9.53 Å². The van der Waals surface area contributed by atoms with E-state index in [1.807, 2.05) is 36.4 Å². The summed E-state index contributed by atoms with van der Waals surface area (Å²) < 4.78 is 7.79. The number of rotatable bonds is 17. The minimum absolute atomic E-state index is 0.155. The number of aromatic nitrogens is 2. The number of esters is 1. The standard InChI is InChI=1S/C32H40N2O2S2/c1-2-3-4-5-6-7-8-9-10-11-12-13-14-15-16-21-30(35)36-25-22-23-27-29(24-25)38-32(34-27)31-33-26-19-17-18-20-28(26)37-31/h9-10,17-20,22-24H,2-8,11-16,21H2,1H3/b10-9-. The van der Waals surface area contributed by atoms with Crippen LogP contribution in [0, 0.1) is 0 Å². The average molecular weight is 549 g/mol. The van der Waals surface area contributed by atoms with Gasteiger partial charge in [0.2, 0.25) is 0 Å². The SMILES string of the molecule is CCCCCCCC/C=C\CCCCCCCC(=O)Oc1ccc2nc(-c3nc4ccccc4s3)sc2c1. The van der Waals surface area contributed by atoms with Crippen molar-refractivity contribution in [1.29, 1.82) is 0 Å². The second kappa shape index (κ2) is 15.7.